The molecule has 7 heteroatoms. The van der Waals surface area contributed by atoms with Crippen molar-refractivity contribution >= 4 is 22.6 Å². The molecule has 1 saturated carbocycles. The molecule has 1 unspecified atom stereocenters. The number of rotatable bonds is 6. The number of carbonyl (C=O) groups is 1. The summed E-state index contributed by atoms with van der Waals surface area (Å²) >= 11 is 0. The summed E-state index contributed by atoms with van der Waals surface area (Å²) in [5.74, 6) is -1.30. The lowest BCUT2D eigenvalue weighted by Gasteiger charge is -2.23. The maximum Gasteiger partial charge on any atom is 0.341 e. The zero-order valence-electron chi connectivity index (χ0n) is 16.2. The van der Waals surface area contributed by atoms with Crippen LogP contribution in [0.5, 0.6) is 0 Å². The first-order chi connectivity index (χ1) is 13.4. The molecule has 2 fully saturated rings. The van der Waals surface area contributed by atoms with E-state index in [4.69, 9.17) is 0 Å². The molecular formula is C21H26FN3O3. The molecule has 1 saturated heterocycles. The van der Waals surface area contributed by atoms with E-state index in [1.165, 1.54) is 12.3 Å². The zero-order valence-corrected chi connectivity index (χ0v) is 16.2. The van der Waals surface area contributed by atoms with Crippen molar-refractivity contribution in [3.05, 3.63) is 39.9 Å². The minimum absolute atomic E-state index is 0.143. The monoisotopic (exact) mass is 387 g/mol. The van der Waals surface area contributed by atoms with Crippen molar-refractivity contribution in [3.63, 3.8) is 0 Å². The summed E-state index contributed by atoms with van der Waals surface area (Å²) in [5.41, 5.74) is 0.199. The molecule has 1 aromatic heterocycles. The second-order valence-electron chi connectivity index (χ2n) is 7.98. The Morgan fingerprint density at radius 1 is 1.36 bits per heavy atom. The smallest absolute Gasteiger partial charge is 0.341 e. The SMILES string of the molecule is CCN[C@@H](C)C1CCN(c2cc3c(cc2F)c(=O)c(C(=O)O)cn3C2CC2)C1. The predicted molar refractivity (Wildman–Crippen MR) is 107 cm³/mol. The van der Waals surface area contributed by atoms with Gasteiger partial charge in [0.15, 0.2) is 0 Å². The van der Waals surface area contributed by atoms with E-state index in [9.17, 15) is 19.1 Å². The van der Waals surface area contributed by atoms with Gasteiger partial charge in [0, 0.05) is 36.8 Å². The standard InChI is InChI=1S/C21H26FN3O3/c1-3-23-12(2)13-6-7-24(10-13)19-9-18-15(8-17(19)22)20(26)16(21(27)28)11-25(18)14-4-5-14/h8-9,11-14,23H,3-7,10H2,1-2H3,(H,27,28)/t12-,13?/m0/s1. The van der Waals surface area contributed by atoms with E-state index in [0.717, 1.165) is 38.9 Å². The first kappa shape index (κ1) is 18.9. The van der Waals surface area contributed by atoms with Gasteiger partial charge in [-0.25, -0.2) is 9.18 Å². The van der Waals surface area contributed by atoms with Crippen LogP contribution in [0, 0.1) is 11.7 Å². The summed E-state index contributed by atoms with van der Waals surface area (Å²) in [6, 6.07) is 3.50. The van der Waals surface area contributed by atoms with Gasteiger partial charge in [-0.3, -0.25) is 4.79 Å². The Hall–Kier alpha value is -2.41. The second kappa shape index (κ2) is 7.20. The number of halogens is 1. The fourth-order valence-electron chi connectivity index (χ4n) is 4.31. The van der Waals surface area contributed by atoms with E-state index >= 15 is 0 Å². The van der Waals surface area contributed by atoms with Crippen molar-refractivity contribution in [2.24, 2.45) is 5.92 Å². The molecule has 0 spiro atoms. The molecule has 2 aromatic rings. The highest BCUT2D eigenvalue weighted by atomic mass is 19.1. The lowest BCUT2D eigenvalue weighted by Crippen LogP contribution is -2.35. The van der Waals surface area contributed by atoms with Crippen LogP contribution in [0.4, 0.5) is 10.1 Å². The number of aromatic carboxylic acids is 1. The summed E-state index contributed by atoms with van der Waals surface area (Å²) < 4.78 is 16.8. The normalized spacial score (nSPS) is 20.7. The number of fused-ring (bicyclic) bond motifs is 1. The quantitative estimate of drug-likeness (QED) is 0.797. The van der Waals surface area contributed by atoms with Crippen LogP contribution in [0.25, 0.3) is 10.9 Å². The van der Waals surface area contributed by atoms with Gasteiger partial charge >= 0.3 is 5.97 Å². The first-order valence-corrected chi connectivity index (χ1v) is 10.0. The molecule has 0 radical (unpaired) electrons. The van der Waals surface area contributed by atoms with Gasteiger partial charge in [0.05, 0.1) is 11.2 Å². The van der Waals surface area contributed by atoms with Crippen LogP contribution in [0.3, 0.4) is 0 Å². The molecule has 0 amide bonds. The number of anilines is 1. The number of hydrogen-bond acceptors (Lipinski definition) is 4. The van der Waals surface area contributed by atoms with Crippen LogP contribution in [0.2, 0.25) is 0 Å². The number of carboxylic acid groups (broad SMARTS) is 1. The fraction of sp³-hybridized carbons (Fsp3) is 0.524. The Kier molecular flexibility index (Phi) is 4.87. The molecule has 1 aromatic carbocycles. The molecule has 1 aliphatic carbocycles. The van der Waals surface area contributed by atoms with Crippen LogP contribution in [0.15, 0.2) is 23.1 Å². The number of aromatic nitrogens is 1. The van der Waals surface area contributed by atoms with Gasteiger partial charge in [-0.1, -0.05) is 6.92 Å². The third-order valence-electron chi connectivity index (χ3n) is 6.07. The lowest BCUT2D eigenvalue weighted by molar-refractivity contribution is 0.0695. The topological polar surface area (TPSA) is 74.6 Å². The van der Waals surface area contributed by atoms with E-state index in [1.54, 1.807) is 6.07 Å². The predicted octanol–water partition coefficient (Wildman–Crippen LogP) is 3.00. The van der Waals surface area contributed by atoms with E-state index in [-0.39, 0.29) is 17.0 Å². The molecule has 6 nitrogen and oxygen atoms in total. The highest BCUT2D eigenvalue weighted by Crippen LogP contribution is 2.38. The molecule has 150 valence electrons. The molecule has 2 N–H and O–H groups in total. The molecule has 0 bridgehead atoms. The van der Waals surface area contributed by atoms with Crippen molar-refractivity contribution in [1.29, 1.82) is 0 Å². The summed E-state index contributed by atoms with van der Waals surface area (Å²) in [5, 5.41) is 12.9. The number of nitrogens with one attached hydrogen (secondary N) is 1. The maximum absolute atomic E-state index is 15.0. The van der Waals surface area contributed by atoms with Crippen LogP contribution < -0.4 is 15.6 Å². The van der Waals surface area contributed by atoms with Crippen molar-refractivity contribution in [3.8, 4) is 0 Å². The highest BCUT2D eigenvalue weighted by molar-refractivity contribution is 5.93. The number of nitrogens with zero attached hydrogens (tertiary/aromatic N) is 2. The van der Waals surface area contributed by atoms with Crippen LogP contribution >= 0.6 is 0 Å². The van der Waals surface area contributed by atoms with E-state index in [2.05, 4.69) is 19.2 Å². The molecule has 2 aliphatic rings. The van der Waals surface area contributed by atoms with Gasteiger partial charge in [-0.2, -0.15) is 0 Å². The average molecular weight is 387 g/mol. The summed E-state index contributed by atoms with van der Waals surface area (Å²) in [6.45, 7) is 6.67. The fourth-order valence-corrected chi connectivity index (χ4v) is 4.31. The first-order valence-electron chi connectivity index (χ1n) is 10.0. The second-order valence-corrected chi connectivity index (χ2v) is 7.98. The van der Waals surface area contributed by atoms with Crippen LogP contribution in [0.1, 0.15) is 49.5 Å². The lowest BCUT2D eigenvalue weighted by atomic mass is 10.0. The summed E-state index contributed by atoms with van der Waals surface area (Å²) in [7, 11) is 0. The third kappa shape index (κ3) is 3.28. The van der Waals surface area contributed by atoms with Gasteiger partial charge in [0.25, 0.3) is 0 Å². The Morgan fingerprint density at radius 3 is 2.75 bits per heavy atom. The number of benzene rings is 1. The molecule has 2 atom stereocenters. The van der Waals surface area contributed by atoms with Crippen LogP contribution in [-0.2, 0) is 0 Å². The molecular weight excluding hydrogens is 361 g/mol. The Bertz CT molecular complexity index is 983. The largest absolute Gasteiger partial charge is 0.477 e. The summed E-state index contributed by atoms with van der Waals surface area (Å²) in [6.07, 6.45) is 4.29. The minimum atomic E-state index is -1.27. The van der Waals surface area contributed by atoms with Crippen molar-refractivity contribution in [2.75, 3.05) is 24.5 Å². The third-order valence-corrected chi connectivity index (χ3v) is 6.07. The van der Waals surface area contributed by atoms with Crippen molar-refractivity contribution in [1.82, 2.24) is 9.88 Å². The van der Waals surface area contributed by atoms with Gasteiger partial charge in [0.2, 0.25) is 5.43 Å². The van der Waals surface area contributed by atoms with E-state index in [0.29, 0.717) is 23.2 Å². The molecule has 28 heavy (non-hydrogen) atoms. The Labute approximate surface area is 163 Å². The van der Waals surface area contributed by atoms with Gasteiger partial charge < -0.3 is 19.9 Å². The average Bonchev–Trinajstić information content (AvgIpc) is 3.38. The van der Waals surface area contributed by atoms with E-state index in [1.807, 2.05) is 9.47 Å². The molecule has 1 aliphatic heterocycles. The van der Waals surface area contributed by atoms with Gasteiger partial charge in [0.1, 0.15) is 11.4 Å². The maximum atomic E-state index is 15.0. The highest BCUT2D eigenvalue weighted by Gasteiger charge is 2.31. The molecule has 2 heterocycles. The number of hydrogen-bond donors (Lipinski definition) is 2. The van der Waals surface area contributed by atoms with Crippen molar-refractivity contribution < 1.29 is 14.3 Å². The number of pyridine rings is 1. The Morgan fingerprint density at radius 2 is 2.11 bits per heavy atom. The van der Waals surface area contributed by atoms with Gasteiger partial charge in [-0.15, -0.1) is 0 Å². The minimum Gasteiger partial charge on any atom is -0.477 e. The Balaban J connectivity index is 1.76. The summed E-state index contributed by atoms with van der Waals surface area (Å²) in [4.78, 5) is 26.1. The van der Waals surface area contributed by atoms with Crippen LogP contribution in [-0.4, -0.2) is 41.3 Å². The van der Waals surface area contributed by atoms with E-state index < -0.39 is 17.2 Å². The zero-order chi connectivity index (χ0) is 20.0. The van der Waals surface area contributed by atoms with Gasteiger partial charge in [-0.05, 0) is 50.8 Å². The number of carboxylic acids is 1. The molecule has 4 rings (SSSR count). The van der Waals surface area contributed by atoms with Crippen molar-refractivity contribution in [2.45, 2.75) is 45.2 Å².